The van der Waals surface area contributed by atoms with Gasteiger partial charge in [-0.1, -0.05) is 11.6 Å². The Bertz CT molecular complexity index is 195. The summed E-state index contributed by atoms with van der Waals surface area (Å²) in [5.41, 5.74) is 0. The smallest absolute Gasteiger partial charge is 0.216 e. The van der Waals surface area contributed by atoms with Crippen molar-refractivity contribution >= 4 is 55.1 Å². The van der Waals surface area contributed by atoms with Gasteiger partial charge in [0, 0.05) is 0 Å². The van der Waals surface area contributed by atoms with Crippen LogP contribution in [0.2, 0.25) is 0 Å². The van der Waals surface area contributed by atoms with Crippen LogP contribution in [0.15, 0.2) is 0 Å². The number of halogens is 10. The van der Waals surface area contributed by atoms with Crippen LogP contribution >= 0.6 is 55.1 Å². The van der Waals surface area contributed by atoms with E-state index in [1.807, 2.05) is 0 Å². The van der Waals surface area contributed by atoms with E-state index in [2.05, 4.69) is 23.2 Å². The molecule has 0 aliphatic rings. The first-order chi connectivity index (χ1) is 5.75. The average Bonchev–Trinajstić information content (AvgIpc) is 1.81. The Balaban J connectivity index is 5.30. The lowest BCUT2D eigenvalue weighted by Crippen LogP contribution is -2.56. The average molecular weight is 393 g/mol. The van der Waals surface area contributed by atoms with Gasteiger partial charge in [0.1, 0.15) is 0 Å². The van der Waals surface area contributed by atoms with Gasteiger partial charge in [-0.05, 0) is 43.5 Å². The Morgan fingerprint density at radius 3 is 1.14 bits per heavy atom. The molecule has 0 aliphatic carbocycles. The lowest BCUT2D eigenvalue weighted by atomic mass is 10.2. The highest BCUT2D eigenvalue weighted by molar-refractivity contribution is 9.11. The fourth-order valence-electron chi connectivity index (χ4n) is 0.356. The summed E-state index contributed by atoms with van der Waals surface area (Å²) in [4.78, 5) is 0. The SMILES string of the molecule is FC(F)(Cl)[C@@](F)(Br)C(F)(F)[C@](F)(Cl)Br. The molecule has 0 saturated carbocycles. The molecule has 0 aromatic carbocycles. The zero-order chi connectivity index (χ0) is 12.0. The third-order valence-electron chi connectivity index (χ3n) is 1.11. The van der Waals surface area contributed by atoms with Crippen LogP contribution < -0.4 is 0 Å². The third-order valence-corrected chi connectivity index (χ3v) is 3.33. The summed E-state index contributed by atoms with van der Waals surface area (Å²) in [5, 5.41) is -5.05. The summed E-state index contributed by atoms with van der Waals surface area (Å²) in [5.74, 6) is -5.30. The van der Waals surface area contributed by atoms with Crippen molar-refractivity contribution in [1.82, 2.24) is 0 Å². The zero-order valence-corrected chi connectivity index (χ0v) is 10.5. The second-order valence-electron chi connectivity index (χ2n) is 2.14. The Morgan fingerprint density at radius 1 is 0.786 bits per heavy atom. The second kappa shape index (κ2) is 3.85. The largest absolute Gasteiger partial charge is 0.371 e. The second-order valence-corrected chi connectivity index (χ2v) is 5.78. The molecule has 0 heterocycles. The van der Waals surface area contributed by atoms with Gasteiger partial charge in [-0.3, -0.25) is 0 Å². The maximum absolute atomic E-state index is 12.8. The van der Waals surface area contributed by atoms with Gasteiger partial charge in [0.2, 0.25) is 0 Å². The van der Waals surface area contributed by atoms with E-state index in [4.69, 9.17) is 0 Å². The van der Waals surface area contributed by atoms with E-state index >= 15 is 0 Å². The highest BCUT2D eigenvalue weighted by Gasteiger charge is 2.76. The number of alkyl halides is 10. The van der Waals surface area contributed by atoms with Crippen LogP contribution in [0.25, 0.3) is 0 Å². The highest BCUT2D eigenvalue weighted by Crippen LogP contribution is 2.58. The van der Waals surface area contributed by atoms with Crippen molar-refractivity contribution in [2.45, 2.75) is 19.9 Å². The van der Waals surface area contributed by atoms with Crippen molar-refractivity contribution in [2.24, 2.45) is 0 Å². The summed E-state index contributed by atoms with van der Waals surface area (Å²) in [6.45, 7) is 0. The Labute approximate surface area is 101 Å². The lowest BCUT2D eigenvalue weighted by Gasteiger charge is -2.34. The van der Waals surface area contributed by atoms with E-state index in [-0.39, 0.29) is 0 Å². The molecule has 0 aromatic rings. The third kappa shape index (κ3) is 2.44. The molecule has 0 unspecified atom stereocenters. The van der Waals surface area contributed by atoms with Crippen LogP contribution in [0, 0.1) is 0 Å². The molecule has 0 spiro atoms. The van der Waals surface area contributed by atoms with Crippen LogP contribution in [0.3, 0.4) is 0 Å². The molecule has 0 radical (unpaired) electrons. The topological polar surface area (TPSA) is 0 Å². The fourth-order valence-corrected chi connectivity index (χ4v) is 1.53. The summed E-state index contributed by atoms with van der Waals surface area (Å²) < 4.78 is 65.9. The molecular formula is C4Br2Cl2F6. The molecule has 0 nitrogen and oxygen atoms in total. The van der Waals surface area contributed by atoms with E-state index in [0.29, 0.717) is 0 Å². The first-order valence-electron chi connectivity index (χ1n) is 2.64. The molecule has 0 fully saturated rings. The Hall–Kier alpha value is 1.12. The first kappa shape index (κ1) is 15.1. The molecular weight excluding hydrogens is 393 g/mol. The maximum atomic E-state index is 12.8. The van der Waals surface area contributed by atoms with Crippen LogP contribution in [0.5, 0.6) is 0 Å². The standard InChI is InChI=1S/C4Br2Cl2F6/c5-1(9,4(8,13)14)2(10,11)3(6,7)12/t1-,3-/m1/s1. The van der Waals surface area contributed by atoms with Crippen LogP contribution in [-0.2, 0) is 0 Å². The van der Waals surface area contributed by atoms with Crippen molar-refractivity contribution in [3.63, 3.8) is 0 Å². The van der Waals surface area contributed by atoms with Crippen molar-refractivity contribution in [3.05, 3.63) is 0 Å². The molecule has 2 atom stereocenters. The molecule has 0 amide bonds. The molecule has 0 saturated heterocycles. The molecule has 14 heavy (non-hydrogen) atoms. The zero-order valence-electron chi connectivity index (χ0n) is 5.78. The van der Waals surface area contributed by atoms with Gasteiger partial charge in [-0.25, -0.2) is 8.78 Å². The summed E-state index contributed by atoms with van der Waals surface area (Å²) in [7, 11) is 0. The van der Waals surface area contributed by atoms with Gasteiger partial charge in [0.15, 0.2) is 0 Å². The lowest BCUT2D eigenvalue weighted by molar-refractivity contribution is -0.183. The van der Waals surface area contributed by atoms with Gasteiger partial charge >= 0.3 is 19.9 Å². The maximum Gasteiger partial charge on any atom is 0.371 e. The van der Waals surface area contributed by atoms with Crippen molar-refractivity contribution in [3.8, 4) is 0 Å². The van der Waals surface area contributed by atoms with Crippen molar-refractivity contribution in [2.75, 3.05) is 0 Å². The van der Waals surface area contributed by atoms with Crippen LogP contribution in [0.4, 0.5) is 26.3 Å². The van der Waals surface area contributed by atoms with E-state index in [1.165, 1.54) is 31.9 Å². The minimum absolute atomic E-state index is 1.31. The van der Waals surface area contributed by atoms with Crippen molar-refractivity contribution < 1.29 is 26.3 Å². The predicted molar refractivity (Wildman–Crippen MR) is 47.1 cm³/mol. The quantitative estimate of drug-likeness (QED) is 0.479. The van der Waals surface area contributed by atoms with Gasteiger partial charge < -0.3 is 0 Å². The van der Waals surface area contributed by atoms with Gasteiger partial charge in [0.25, 0.3) is 0 Å². The minimum Gasteiger partial charge on any atom is -0.216 e. The minimum atomic E-state index is -5.30. The predicted octanol–water partition coefficient (Wildman–Crippen LogP) is 4.77. The molecule has 10 heteroatoms. The van der Waals surface area contributed by atoms with Crippen LogP contribution in [0.1, 0.15) is 0 Å². The monoisotopic (exact) mass is 390 g/mol. The molecule has 0 N–H and O–H groups in total. The highest BCUT2D eigenvalue weighted by atomic mass is 79.9. The van der Waals surface area contributed by atoms with E-state index < -0.39 is 19.9 Å². The molecule has 0 aliphatic heterocycles. The van der Waals surface area contributed by atoms with E-state index in [1.54, 1.807) is 0 Å². The summed E-state index contributed by atoms with van der Waals surface area (Å²) in [6, 6.07) is 0. The van der Waals surface area contributed by atoms with Crippen LogP contribution in [-0.4, -0.2) is 19.9 Å². The van der Waals surface area contributed by atoms with E-state index in [0.717, 1.165) is 0 Å². The molecule has 0 aromatic heterocycles. The normalized spacial score (nSPS) is 22.7. The Kier molecular flexibility index (Phi) is 4.16. The number of hydrogen-bond donors (Lipinski definition) is 0. The first-order valence-corrected chi connectivity index (χ1v) is 4.98. The Morgan fingerprint density at radius 2 is 1.07 bits per heavy atom. The summed E-state index contributed by atoms with van der Waals surface area (Å²) >= 11 is 11.2. The molecule has 0 bridgehead atoms. The van der Waals surface area contributed by atoms with Crippen molar-refractivity contribution in [1.29, 1.82) is 0 Å². The number of hydrogen-bond acceptors (Lipinski definition) is 0. The number of rotatable bonds is 3. The summed E-state index contributed by atoms with van der Waals surface area (Å²) in [6.07, 6.45) is 0. The fraction of sp³-hybridized carbons (Fsp3) is 1.00. The molecule has 86 valence electrons. The van der Waals surface area contributed by atoms with Gasteiger partial charge in [-0.2, -0.15) is 17.6 Å². The van der Waals surface area contributed by atoms with Gasteiger partial charge in [-0.15, -0.1) is 0 Å². The van der Waals surface area contributed by atoms with Gasteiger partial charge in [0.05, 0.1) is 0 Å². The van der Waals surface area contributed by atoms with E-state index in [9.17, 15) is 26.3 Å². The molecule has 0 rings (SSSR count).